The van der Waals surface area contributed by atoms with Crippen molar-refractivity contribution < 1.29 is 28.6 Å². The van der Waals surface area contributed by atoms with Gasteiger partial charge in [-0.1, -0.05) is 24.3 Å². The molecule has 1 saturated heterocycles. The summed E-state index contributed by atoms with van der Waals surface area (Å²) in [6.07, 6.45) is 2.76. The first-order valence-corrected chi connectivity index (χ1v) is 11.6. The molecule has 0 spiro atoms. The van der Waals surface area contributed by atoms with Crippen molar-refractivity contribution in [2.24, 2.45) is 5.92 Å². The number of esters is 1. The Bertz CT molecular complexity index is 1150. The van der Waals surface area contributed by atoms with Crippen LogP contribution in [0.2, 0.25) is 0 Å². The summed E-state index contributed by atoms with van der Waals surface area (Å²) in [6, 6.07) is 8.69. The molecule has 2 heterocycles. The van der Waals surface area contributed by atoms with Gasteiger partial charge in [0.2, 0.25) is 11.8 Å². The van der Waals surface area contributed by atoms with Crippen molar-refractivity contribution in [1.82, 2.24) is 15.2 Å². The van der Waals surface area contributed by atoms with Crippen molar-refractivity contribution in [2.75, 3.05) is 13.7 Å². The molecule has 2 aliphatic rings. The maximum absolute atomic E-state index is 13.4. The first-order chi connectivity index (χ1) is 16.6. The van der Waals surface area contributed by atoms with Gasteiger partial charge in [0.1, 0.15) is 23.3 Å². The summed E-state index contributed by atoms with van der Waals surface area (Å²) in [7, 11) is 1.28. The minimum Gasteiger partial charge on any atom is -0.472 e. The predicted octanol–water partition coefficient (Wildman–Crippen LogP) is 3.23. The van der Waals surface area contributed by atoms with E-state index in [1.165, 1.54) is 12.0 Å². The van der Waals surface area contributed by atoms with Crippen LogP contribution in [0.3, 0.4) is 0 Å². The van der Waals surface area contributed by atoms with Gasteiger partial charge in [-0.15, -0.1) is 6.58 Å². The number of benzene rings is 1. The lowest BCUT2D eigenvalue weighted by Gasteiger charge is -2.28. The molecule has 2 amide bonds. The predicted molar refractivity (Wildman–Crippen MR) is 129 cm³/mol. The van der Waals surface area contributed by atoms with Crippen molar-refractivity contribution >= 4 is 28.7 Å². The van der Waals surface area contributed by atoms with Gasteiger partial charge in [0, 0.05) is 23.9 Å². The summed E-state index contributed by atoms with van der Waals surface area (Å²) in [4.78, 5) is 44.6. The Morgan fingerprint density at radius 1 is 1.23 bits per heavy atom. The molecule has 9 heteroatoms. The molecule has 9 nitrogen and oxygen atoms in total. The van der Waals surface area contributed by atoms with Gasteiger partial charge in [-0.3, -0.25) is 9.69 Å². The normalized spacial score (nSPS) is 25.6. The van der Waals surface area contributed by atoms with Gasteiger partial charge in [-0.25, -0.2) is 14.6 Å². The number of hydrogen-bond donors (Lipinski definition) is 1. The van der Waals surface area contributed by atoms with Gasteiger partial charge in [0.15, 0.2) is 0 Å². The van der Waals surface area contributed by atoms with Gasteiger partial charge >= 0.3 is 12.1 Å². The average molecular weight is 482 g/mol. The zero-order chi connectivity index (χ0) is 25.4. The summed E-state index contributed by atoms with van der Waals surface area (Å²) >= 11 is 0. The van der Waals surface area contributed by atoms with E-state index >= 15 is 0 Å². The molecule has 1 aliphatic heterocycles. The number of amides is 2. The lowest BCUT2D eigenvalue weighted by atomic mass is 10.1. The third-order valence-corrected chi connectivity index (χ3v) is 6.30. The summed E-state index contributed by atoms with van der Waals surface area (Å²) in [6.45, 7) is 9.15. The molecule has 2 fully saturated rings. The Balaban J connectivity index is 1.57. The van der Waals surface area contributed by atoms with Crippen LogP contribution in [0.1, 0.15) is 33.6 Å². The molecular formula is C26H31N3O6. The zero-order valence-electron chi connectivity index (χ0n) is 20.4. The lowest BCUT2D eigenvalue weighted by Crippen LogP contribution is -2.53. The molecule has 2 aromatic rings. The van der Waals surface area contributed by atoms with E-state index in [1.807, 2.05) is 30.3 Å². The van der Waals surface area contributed by atoms with E-state index in [-0.39, 0.29) is 18.9 Å². The third kappa shape index (κ3) is 4.94. The summed E-state index contributed by atoms with van der Waals surface area (Å²) < 4.78 is 16.7. The zero-order valence-corrected chi connectivity index (χ0v) is 20.4. The fraction of sp³-hybridized carbons (Fsp3) is 0.462. The molecule has 1 aromatic carbocycles. The molecule has 1 N–H and O–H groups in total. The molecule has 1 saturated carbocycles. The number of hydrogen-bond acceptors (Lipinski definition) is 7. The van der Waals surface area contributed by atoms with E-state index in [0.29, 0.717) is 12.3 Å². The van der Waals surface area contributed by atoms with Gasteiger partial charge in [0.25, 0.3) is 0 Å². The highest BCUT2D eigenvalue weighted by atomic mass is 16.6. The molecule has 0 unspecified atom stereocenters. The highest BCUT2D eigenvalue weighted by molar-refractivity contribution is 5.95. The van der Waals surface area contributed by atoms with Crippen molar-refractivity contribution in [3.63, 3.8) is 0 Å². The van der Waals surface area contributed by atoms with Crippen LogP contribution in [0.15, 0.2) is 49.2 Å². The first-order valence-electron chi connectivity index (χ1n) is 11.6. The number of nitrogens with zero attached hydrogens (tertiary/aromatic N) is 2. The van der Waals surface area contributed by atoms with Crippen LogP contribution in [-0.2, 0) is 19.1 Å². The summed E-state index contributed by atoms with van der Waals surface area (Å²) in [5.41, 5.74) is -1.91. The fourth-order valence-electron chi connectivity index (χ4n) is 4.48. The highest BCUT2D eigenvalue weighted by Crippen LogP contribution is 2.45. The van der Waals surface area contributed by atoms with Crippen LogP contribution in [0.4, 0.5) is 4.79 Å². The van der Waals surface area contributed by atoms with Crippen LogP contribution >= 0.6 is 0 Å². The van der Waals surface area contributed by atoms with Crippen molar-refractivity contribution in [2.45, 2.75) is 56.9 Å². The Kier molecular flexibility index (Phi) is 6.44. The monoisotopic (exact) mass is 481 g/mol. The molecular weight excluding hydrogens is 450 g/mol. The SMILES string of the molecule is C=C[C@@H]1C[C@]1(NC(=O)[C@@H]1C[C@@H](Oc2nccc3ccccc23)CN1C(=O)OC(C)(C)C)C(=O)OC. The van der Waals surface area contributed by atoms with E-state index in [4.69, 9.17) is 14.2 Å². The molecule has 0 bridgehead atoms. The number of carbonyl (C=O) groups excluding carboxylic acids is 3. The number of aromatic nitrogens is 1. The number of likely N-dealkylation sites (tertiary alicyclic amines) is 1. The number of rotatable bonds is 6. The number of pyridine rings is 1. The molecule has 1 aliphatic carbocycles. The number of methoxy groups -OCH3 is 1. The maximum Gasteiger partial charge on any atom is 0.411 e. The van der Waals surface area contributed by atoms with Gasteiger partial charge in [-0.2, -0.15) is 0 Å². The Hall–Kier alpha value is -3.62. The van der Waals surface area contributed by atoms with Crippen LogP contribution in [-0.4, -0.2) is 64.8 Å². The second-order valence-corrected chi connectivity index (χ2v) is 9.96. The molecule has 35 heavy (non-hydrogen) atoms. The largest absolute Gasteiger partial charge is 0.472 e. The van der Waals surface area contributed by atoms with E-state index in [1.54, 1.807) is 33.0 Å². The second kappa shape index (κ2) is 9.20. The van der Waals surface area contributed by atoms with E-state index in [0.717, 1.165) is 10.8 Å². The fourth-order valence-corrected chi connectivity index (χ4v) is 4.48. The Morgan fingerprint density at radius 3 is 2.63 bits per heavy atom. The summed E-state index contributed by atoms with van der Waals surface area (Å²) in [5, 5.41) is 4.62. The molecule has 0 radical (unpaired) electrons. The first kappa shape index (κ1) is 24.5. The Morgan fingerprint density at radius 2 is 1.97 bits per heavy atom. The minimum absolute atomic E-state index is 0.133. The smallest absolute Gasteiger partial charge is 0.411 e. The van der Waals surface area contributed by atoms with Crippen LogP contribution in [0, 0.1) is 5.92 Å². The molecule has 186 valence electrons. The highest BCUT2D eigenvalue weighted by Gasteiger charge is 2.62. The van der Waals surface area contributed by atoms with Crippen LogP contribution in [0.5, 0.6) is 5.88 Å². The Labute approximate surface area is 204 Å². The lowest BCUT2D eigenvalue weighted by molar-refractivity contribution is -0.147. The quantitative estimate of drug-likeness (QED) is 0.499. The topological polar surface area (TPSA) is 107 Å². The molecule has 4 rings (SSSR count). The number of ether oxygens (including phenoxy) is 3. The van der Waals surface area contributed by atoms with Crippen molar-refractivity contribution in [1.29, 1.82) is 0 Å². The van der Waals surface area contributed by atoms with E-state index in [2.05, 4.69) is 16.9 Å². The van der Waals surface area contributed by atoms with E-state index in [9.17, 15) is 14.4 Å². The standard InChI is InChI=1S/C26H31N3O6/c1-6-17-14-26(17,23(31)33-5)28-21(30)20-13-18(15-29(20)24(32)35-25(2,3)4)34-22-19-10-8-7-9-16(19)11-12-27-22/h6-12,17-18,20H,1,13-15H2,2-5H3,(H,28,30)/t17-,18-,20+,26-/m1/s1. The van der Waals surface area contributed by atoms with E-state index < -0.39 is 41.3 Å². The van der Waals surface area contributed by atoms with Gasteiger partial charge in [0.05, 0.1) is 13.7 Å². The van der Waals surface area contributed by atoms with Crippen molar-refractivity contribution in [3.8, 4) is 5.88 Å². The van der Waals surface area contributed by atoms with Crippen molar-refractivity contribution in [3.05, 3.63) is 49.2 Å². The number of carbonyl (C=O) groups is 3. The second-order valence-electron chi connectivity index (χ2n) is 9.96. The average Bonchev–Trinajstić information content (AvgIpc) is 3.36. The van der Waals surface area contributed by atoms with Gasteiger partial charge < -0.3 is 19.5 Å². The van der Waals surface area contributed by atoms with Gasteiger partial charge in [-0.05, 0) is 44.7 Å². The molecule has 4 atom stereocenters. The van der Waals surface area contributed by atoms with Crippen LogP contribution in [0.25, 0.3) is 10.8 Å². The summed E-state index contributed by atoms with van der Waals surface area (Å²) in [5.74, 6) is -0.812. The van der Waals surface area contributed by atoms with Crippen LogP contribution < -0.4 is 10.1 Å². The number of nitrogens with one attached hydrogen (secondary N) is 1. The third-order valence-electron chi connectivity index (χ3n) is 6.30. The number of fused-ring (bicyclic) bond motifs is 1. The molecule has 1 aromatic heterocycles. The maximum atomic E-state index is 13.4. The minimum atomic E-state index is -1.16.